The Balaban J connectivity index is 4.61. The molecule has 0 aliphatic heterocycles. The number of carbonyl (C=O) groups is 3. The zero-order valence-electron chi connectivity index (χ0n) is 20.2. The Labute approximate surface area is 202 Å². The quantitative estimate of drug-likeness (QED) is 0.0888. The Morgan fingerprint density at radius 2 is 1.03 bits per heavy atom. The summed E-state index contributed by atoms with van der Waals surface area (Å²) >= 11 is 0. The SMILES string of the molecule is NCCCC[C@H](N)COC(=O)N[C@@H](CCCCN)COC(=O)N[C@@H](CCCCN)COC(N)=O. The molecule has 0 heterocycles. The summed E-state index contributed by atoms with van der Waals surface area (Å²) in [6.07, 6.45) is 4.25. The van der Waals surface area contributed by atoms with Gasteiger partial charge in [-0.3, -0.25) is 0 Å². The van der Waals surface area contributed by atoms with Crippen LogP contribution in [0.3, 0.4) is 0 Å². The molecule has 34 heavy (non-hydrogen) atoms. The lowest BCUT2D eigenvalue weighted by atomic mass is 10.1. The van der Waals surface area contributed by atoms with Gasteiger partial charge in [-0.15, -0.1) is 0 Å². The van der Waals surface area contributed by atoms with Crippen molar-refractivity contribution in [1.29, 1.82) is 0 Å². The van der Waals surface area contributed by atoms with Gasteiger partial charge in [0.15, 0.2) is 0 Å². The van der Waals surface area contributed by atoms with Crippen molar-refractivity contribution in [2.75, 3.05) is 39.5 Å². The van der Waals surface area contributed by atoms with Crippen molar-refractivity contribution in [2.45, 2.75) is 75.9 Å². The molecule has 12 N–H and O–H groups in total. The van der Waals surface area contributed by atoms with Gasteiger partial charge in [0.1, 0.15) is 19.8 Å². The minimum Gasteiger partial charge on any atom is -0.448 e. The Morgan fingerprint density at radius 1 is 0.618 bits per heavy atom. The highest BCUT2D eigenvalue weighted by molar-refractivity contribution is 5.69. The largest absolute Gasteiger partial charge is 0.448 e. The van der Waals surface area contributed by atoms with Gasteiger partial charge >= 0.3 is 18.3 Å². The molecule has 0 saturated heterocycles. The number of ether oxygens (including phenoxy) is 3. The van der Waals surface area contributed by atoms with Gasteiger partial charge in [0.2, 0.25) is 0 Å². The minimum absolute atomic E-state index is 0.0692. The number of hydrogen-bond donors (Lipinski definition) is 7. The third kappa shape index (κ3) is 19.1. The van der Waals surface area contributed by atoms with Gasteiger partial charge in [-0.1, -0.05) is 19.3 Å². The molecule has 0 spiro atoms. The molecule has 13 heteroatoms. The fourth-order valence-corrected chi connectivity index (χ4v) is 3.06. The van der Waals surface area contributed by atoms with E-state index in [2.05, 4.69) is 10.6 Å². The van der Waals surface area contributed by atoms with E-state index in [0.29, 0.717) is 38.9 Å². The molecule has 0 aromatic carbocycles. The lowest BCUT2D eigenvalue weighted by Gasteiger charge is -2.21. The van der Waals surface area contributed by atoms with Crippen molar-refractivity contribution in [3.63, 3.8) is 0 Å². The van der Waals surface area contributed by atoms with Crippen LogP contribution < -0.4 is 39.3 Å². The molecule has 0 aliphatic carbocycles. The van der Waals surface area contributed by atoms with Crippen LogP contribution in [0.15, 0.2) is 0 Å². The van der Waals surface area contributed by atoms with Crippen molar-refractivity contribution in [2.24, 2.45) is 28.7 Å². The van der Waals surface area contributed by atoms with Crippen molar-refractivity contribution in [3.05, 3.63) is 0 Å². The molecule has 13 nitrogen and oxygen atoms in total. The van der Waals surface area contributed by atoms with Crippen LogP contribution in [0, 0.1) is 0 Å². The summed E-state index contributed by atoms with van der Waals surface area (Å²) in [7, 11) is 0. The van der Waals surface area contributed by atoms with Crippen LogP contribution in [0.4, 0.5) is 14.4 Å². The monoisotopic (exact) mass is 491 g/mol. The van der Waals surface area contributed by atoms with Crippen LogP contribution in [-0.2, 0) is 14.2 Å². The summed E-state index contributed by atoms with van der Waals surface area (Å²) in [5, 5.41) is 5.35. The number of amides is 3. The van der Waals surface area contributed by atoms with Crippen LogP contribution in [0.5, 0.6) is 0 Å². The summed E-state index contributed by atoms with van der Waals surface area (Å²) in [5.74, 6) is 0. The van der Waals surface area contributed by atoms with E-state index in [1.54, 1.807) is 0 Å². The topological polar surface area (TPSA) is 233 Å². The average Bonchev–Trinajstić information content (AvgIpc) is 2.79. The van der Waals surface area contributed by atoms with Gasteiger partial charge in [-0.2, -0.15) is 0 Å². The van der Waals surface area contributed by atoms with E-state index in [0.717, 1.165) is 38.5 Å². The predicted octanol–water partition coefficient (Wildman–Crippen LogP) is -0.0144. The summed E-state index contributed by atoms with van der Waals surface area (Å²) < 4.78 is 15.3. The van der Waals surface area contributed by atoms with E-state index in [1.807, 2.05) is 0 Å². The highest BCUT2D eigenvalue weighted by Gasteiger charge is 2.19. The van der Waals surface area contributed by atoms with Gasteiger partial charge < -0.3 is 53.5 Å². The fourth-order valence-electron chi connectivity index (χ4n) is 3.06. The van der Waals surface area contributed by atoms with Crippen LogP contribution in [0.1, 0.15) is 57.8 Å². The van der Waals surface area contributed by atoms with Crippen LogP contribution in [0.25, 0.3) is 0 Å². The van der Waals surface area contributed by atoms with E-state index in [1.165, 1.54) is 0 Å². The number of rotatable bonds is 20. The van der Waals surface area contributed by atoms with Crippen molar-refractivity contribution in [1.82, 2.24) is 10.6 Å². The fraction of sp³-hybridized carbons (Fsp3) is 0.857. The molecular formula is C21H45N7O6. The Morgan fingerprint density at radius 3 is 1.47 bits per heavy atom. The first-order chi connectivity index (χ1) is 16.3. The lowest BCUT2D eigenvalue weighted by Crippen LogP contribution is -2.44. The number of hydrogen-bond acceptors (Lipinski definition) is 10. The molecule has 0 fully saturated rings. The van der Waals surface area contributed by atoms with Crippen LogP contribution in [0.2, 0.25) is 0 Å². The number of carbonyl (C=O) groups excluding carboxylic acids is 3. The molecule has 0 unspecified atom stereocenters. The zero-order valence-corrected chi connectivity index (χ0v) is 20.2. The van der Waals surface area contributed by atoms with Gasteiger partial charge in [-0.05, 0) is 58.2 Å². The molecule has 3 amide bonds. The van der Waals surface area contributed by atoms with Crippen LogP contribution >= 0.6 is 0 Å². The highest BCUT2D eigenvalue weighted by Crippen LogP contribution is 2.05. The van der Waals surface area contributed by atoms with E-state index in [9.17, 15) is 14.4 Å². The average molecular weight is 492 g/mol. The molecule has 0 saturated carbocycles. The van der Waals surface area contributed by atoms with Crippen molar-refractivity contribution >= 4 is 18.3 Å². The highest BCUT2D eigenvalue weighted by atomic mass is 16.6. The molecule has 0 radical (unpaired) electrons. The Bertz CT molecular complexity index is 556. The first-order valence-corrected chi connectivity index (χ1v) is 12.0. The lowest BCUT2D eigenvalue weighted by molar-refractivity contribution is 0.104. The molecule has 0 aromatic rings. The molecule has 3 atom stereocenters. The van der Waals surface area contributed by atoms with Gasteiger partial charge in [0.25, 0.3) is 0 Å². The third-order valence-electron chi connectivity index (χ3n) is 4.96. The van der Waals surface area contributed by atoms with Gasteiger partial charge in [0, 0.05) is 6.04 Å². The molecule has 200 valence electrons. The van der Waals surface area contributed by atoms with Gasteiger partial charge in [-0.25, -0.2) is 14.4 Å². The molecule has 0 rings (SSSR count). The molecular weight excluding hydrogens is 446 g/mol. The standard InChI is InChI=1S/C21H45N7O6/c22-10-4-1-7-16(25)13-33-20(30)28-18(9-3-6-12-24)15-34-21(31)27-17(8-2-5-11-23)14-32-19(26)29/h16-18H,1-15,22-25H2,(H2,26,29)(H,27,31)(H,28,30)/t16-,17-,18-/m0/s1. The van der Waals surface area contributed by atoms with E-state index in [4.69, 9.17) is 42.9 Å². The third-order valence-corrected chi connectivity index (χ3v) is 4.96. The first kappa shape index (κ1) is 31.6. The first-order valence-electron chi connectivity index (χ1n) is 12.0. The maximum Gasteiger partial charge on any atom is 0.407 e. The number of nitrogens with two attached hydrogens (primary N) is 5. The summed E-state index contributed by atoms with van der Waals surface area (Å²) in [5.41, 5.74) is 27.4. The number of nitrogens with one attached hydrogen (secondary N) is 2. The Kier molecular flexibility index (Phi) is 19.7. The summed E-state index contributed by atoms with van der Waals surface area (Å²) in [4.78, 5) is 35.3. The predicted molar refractivity (Wildman–Crippen MR) is 129 cm³/mol. The smallest absolute Gasteiger partial charge is 0.407 e. The molecule has 0 aliphatic rings. The van der Waals surface area contributed by atoms with E-state index >= 15 is 0 Å². The maximum atomic E-state index is 12.3. The number of alkyl carbamates (subject to hydrolysis) is 2. The van der Waals surface area contributed by atoms with Crippen LogP contribution in [-0.4, -0.2) is 75.9 Å². The molecule has 0 aromatic heterocycles. The summed E-state index contributed by atoms with van der Waals surface area (Å²) in [6.45, 7) is 1.56. The van der Waals surface area contributed by atoms with Crippen molar-refractivity contribution in [3.8, 4) is 0 Å². The number of unbranched alkanes of at least 4 members (excludes halogenated alkanes) is 3. The normalized spacial score (nSPS) is 13.4. The van der Waals surface area contributed by atoms with E-state index < -0.39 is 30.4 Å². The second-order valence-electron chi connectivity index (χ2n) is 8.12. The second-order valence-corrected chi connectivity index (χ2v) is 8.12. The molecule has 0 bridgehead atoms. The van der Waals surface area contributed by atoms with Gasteiger partial charge in [0.05, 0.1) is 12.1 Å². The number of primary amides is 1. The van der Waals surface area contributed by atoms with E-state index in [-0.39, 0.29) is 25.9 Å². The Hall–Kier alpha value is -2.35. The van der Waals surface area contributed by atoms with Crippen molar-refractivity contribution < 1.29 is 28.6 Å². The maximum absolute atomic E-state index is 12.3. The second kappa shape index (κ2) is 21.2. The minimum atomic E-state index is -0.930. The summed E-state index contributed by atoms with van der Waals surface area (Å²) in [6, 6.07) is -1.20. The zero-order chi connectivity index (χ0) is 25.6.